The summed E-state index contributed by atoms with van der Waals surface area (Å²) in [5, 5.41) is 24.3. The van der Waals surface area contributed by atoms with Crippen LogP contribution in [0.2, 0.25) is 5.02 Å². The molecule has 0 radical (unpaired) electrons. The topological polar surface area (TPSA) is 84.6 Å². The Bertz CT molecular complexity index is 1030. The second-order valence-electron chi connectivity index (χ2n) is 7.03. The summed E-state index contributed by atoms with van der Waals surface area (Å²) in [4.78, 5) is 11.5. The van der Waals surface area contributed by atoms with Crippen LogP contribution in [-0.4, -0.2) is 38.2 Å². The molecular formula is C20H20ClFN2O4. The Balaban J connectivity index is 2.05. The summed E-state index contributed by atoms with van der Waals surface area (Å²) in [7, 11) is 0. The first-order chi connectivity index (χ1) is 13.2. The number of ether oxygens (including phenoxy) is 1. The number of aromatic carboxylic acids is 1. The molecule has 0 atom stereocenters. The zero-order valence-corrected chi connectivity index (χ0v) is 16.2. The fourth-order valence-corrected chi connectivity index (χ4v) is 3.14. The van der Waals surface area contributed by atoms with Gasteiger partial charge in [-0.1, -0.05) is 17.7 Å². The van der Waals surface area contributed by atoms with Crippen LogP contribution in [0.15, 0.2) is 36.4 Å². The van der Waals surface area contributed by atoms with E-state index in [0.717, 1.165) is 0 Å². The van der Waals surface area contributed by atoms with Crippen LogP contribution in [0.3, 0.4) is 0 Å². The number of carboxylic acids is 1. The highest BCUT2D eigenvalue weighted by atomic mass is 35.5. The van der Waals surface area contributed by atoms with Gasteiger partial charge in [0, 0.05) is 16.0 Å². The normalized spacial score (nSPS) is 11.8. The number of hydrogen-bond acceptors (Lipinski definition) is 4. The van der Waals surface area contributed by atoms with Crippen LogP contribution >= 0.6 is 11.6 Å². The van der Waals surface area contributed by atoms with E-state index in [4.69, 9.17) is 16.3 Å². The SMILES string of the molecule is CC(C)(F)COc1ccc(Cl)cc1Cn1nc(CO)c2c(C(=O)O)cccc21. The third-order valence-electron chi connectivity index (χ3n) is 4.14. The third kappa shape index (κ3) is 4.26. The molecule has 8 heteroatoms. The molecule has 0 saturated carbocycles. The van der Waals surface area contributed by atoms with Gasteiger partial charge in [0.1, 0.15) is 18.0 Å². The second-order valence-corrected chi connectivity index (χ2v) is 7.46. The number of carbonyl (C=O) groups is 1. The van der Waals surface area contributed by atoms with E-state index in [9.17, 15) is 19.4 Å². The van der Waals surface area contributed by atoms with E-state index in [2.05, 4.69) is 5.10 Å². The van der Waals surface area contributed by atoms with Crippen molar-refractivity contribution >= 4 is 28.5 Å². The summed E-state index contributed by atoms with van der Waals surface area (Å²) in [5.41, 5.74) is 0.0412. The minimum Gasteiger partial charge on any atom is -0.490 e. The molecule has 2 N–H and O–H groups in total. The van der Waals surface area contributed by atoms with Crippen molar-refractivity contribution in [3.63, 3.8) is 0 Å². The number of fused-ring (bicyclic) bond motifs is 1. The molecule has 0 bridgehead atoms. The average Bonchev–Trinajstić information content (AvgIpc) is 2.98. The molecule has 0 spiro atoms. The smallest absolute Gasteiger partial charge is 0.336 e. The summed E-state index contributed by atoms with van der Waals surface area (Å²) in [6.07, 6.45) is 0. The highest BCUT2D eigenvalue weighted by molar-refractivity contribution is 6.30. The Hall–Kier alpha value is -2.64. The van der Waals surface area contributed by atoms with E-state index in [1.54, 1.807) is 35.0 Å². The predicted molar refractivity (Wildman–Crippen MR) is 104 cm³/mol. The van der Waals surface area contributed by atoms with Crippen LogP contribution in [0.25, 0.3) is 10.9 Å². The number of nitrogens with zero attached hydrogens (tertiary/aromatic N) is 2. The number of halogens is 2. The number of alkyl halides is 1. The van der Waals surface area contributed by atoms with Crippen LogP contribution in [-0.2, 0) is 13.2 Å². The Morgan fingerprint density at radius 2 is 2.07 bits per heavy atom. The molecule has 0 amide bonds. The van der Waals surface area contributed by atoms with Crippen molar-refractivity contribution in [3.05, 3.63) is 58.2 Å². The van der Waals surface area contributed by atoms with E-state index in [-0.39, 0.29) is 24.4 Å². The van der Waals surface area contributed by atoms with Crippen molar-refractivity contribution < 1.29 is 24.1 Å². The zero-order chi connectivity index (χ0) is 20.5. The molecule has 148 valence electrons. The molecule has 28 heavy (non-hydrogen) atoms. The first-order valence-corrected chi connectivity index (χ1v) is 9.00. The molecular weight excluding hydrogens is 387 g/mol. The van der Waals surface area contributed by atoms with E-state index in [0.29, 0.717) is 27.2 Å². The molecule has 0 aliphatic heterocycles. The van der Waals surface area contributed by atoms with Gasteiger partial charge in [-0.05, 0) is 44.2 Å². The van der Waals surface area contributed by atoms with E-state index >= 15 is 0 Å². The largest absolute Gasteiger partial charge is 0.490 e. The number of aliphatic hydroxyl groups excluding tert-OH is 1. The molecule has 1 aromatic heterocycles. The summed E-state index contributed by atoms with van der Waals surface area (Å²) in [6.45, 7) is 2.52. The maximum absolute atomic E-state index is 13.8. The molecule has 3 aromatic rings. The van der Waals surface area contributed by atoms with Crippen LogP contribution in [0.1, 0.15) is 35.5 Å². The van der Waals surface area contributed by atoms with Gasteiger partial charge in [0.05, 0.1) is 29.9 Å². The highest BCUT2D eigenvalue weighted by Gasteiger charge is 2.20. The van der Waals surface area contributed by atoms with E-state index in [1.165, 1.54) is 19.9 Å². The molecule has 6 nitrogen and oxygen atoms in total. The van der Waals surface area contributed by atoms with Crippen LogP contribution in [0.4, 0.5) is 4.39 Å². The Morgan fingerprint density at radius 1 is 1.32 bits per heavy atom. The van der Waals surface area contributed by atoms with Gasteiger partial charge < -0.3 is 14.9 Å². The molecule has 2 aromatic carbocycles. The fourth-order valence-electron chi connectivity index (χ4n) is 2.94. The first-order valence-electron chi connectivity index (χ1n) is 8.62. The first kappa shape index (κ1) is 20.1. The van der Waals surface area contributed by atoms with Crippen molar-refractivity contribution in [1.82, 2.24) is 9.78 Å². The van der Waals surface area contributed by atoms with Gasteiger partial charge in [0.25, 0.3) is 0 Å². The monoisotopic (exact) mass is 406 g/mol. The number of rotatable bonds is 7. The van der Waals surface area contributed by atoms with Crippen molar-refractivity contribution in [1.29, 1.82) is 0 Å². The molecule has 0 unspecified atom stereocenters. The van der Waals surface area contributed by atoms with E-state index < -0.39 is 18.2 Å². The van der Waals surface area contributed by atoms with Gasteiger partial charge in [0.2, 0.25) is 0 Å². The summed E-state index contributed by atoms with van der Waals surface area (Å²) >= 11 is 6.11. The number of aliphatic hydroxyl groups is 1. The lowest BCUT2D eigenvalue weighted by molar-refractivity contribution is 0.0699. The fraction of sp³-hybridized carbons (Fsp3) is 0.300. The van der Waals surface area contributed by atoms with Gasteiger partial charge in [0.15, 0.2) is 0 Å². The highest BCUT2D eigenvalue weighted by Crippen LogP contribution is 2.28. The quantitative estimate of drug-likeness (QED) is 0.618. The van der Waals surface area contributed by atoms with Gasteiger partial charge in [-0.2, -0.15) is 5.10 Å². The number of aromatic nitrogens is 2. The number of benzene rings is 2. The summed E-state index contributed by atoms with van der Waals surface area (Å²) in [5.74, 6) is -0.643. The molecule has 0 saturated heterocycles. The number of hydrogen-bond donors (Lipinski definition) is 2. The molecule has 1 heterocycles. The maximum Gasteiger partial charge on any atom is 0.336 e. The van der Waals surface area contributed by atoms with Gasteiger partial charge in [-0.3, -0.25) is 4.68 Å². The van der Waals surface area contributed by atoms with Gasteiger partial charge in [-0.15, -0.1) is 0 Å². The van der Waals surface area contributed by atoms with Crippen molar-refractivity contribution in [2.45, 2.75) is 32.7 Å². The molecule has 0 aliphatic rings. The maximum atomic E-state index is 13.8. The molecule has 3 rings (SSSR count). The molecule has 0 fully saturated rings. The van der Waals surface area contributed by atoms with Crippen LogP contribution in [0, 0.1) is 0 Å². The number of carboxylic acid groups (broad SMARTS) is 1. The Kier molecular flexibility index (Phi) is 5.58. The standard InChI is InChI=1S/C20H20ClFN2O4/c1-20(2,22)11-28-17-7-6-13(21)8-12(17)9-24-16-5-3-4-14(19(26)27)18(16)15(10-25)23-24/h3-8,25H,9-11H2,1-2H3,(H,26,27). The third-order valence-corrected chi connectivity index (χ3v) is 4.38. The lowest BCUT2D eigenvalue weighted by Crippen LogP contribution is -2.23. The summed E-state index contributed by atoms with van der Waals surface area (Å²) < 4.78 is 21.0. The lowest BCUT2D eigenvalue weighted by Gasteiger charge is -2.18. The predicted octanol–water partition coefficient (Wildman–Crippen LogP) is 4.06. The average molecular weight is 407 g/mol. The van der Waals surface area contributed by atoms with Crippen LogP contribution < -0.4 is 4.74 Å². The summed E-state index contributed by atoms with van der Waals surface area (Å²) in [6, 6.07) is 9.80. The zero-order valence-electron chi connectivity index (χ0n) is 15.4. The minimum atomic E-state index is -1.50. The van der Waals surface area contributed by atoms with Crippen LogP contribution in [0.5, 0.6) is 5.75 Å². The van der Waals surface area contributed by atoms with Gasteiger partial charge in [-0.25, -0.2) is 9.18 Å². The lowest BCUT2D eigenvalue weighted by atomic mass is 10.1. The van der Waals surface area contributed by atoms with Crippen molar-refractivity contribution in [3.8, 4) is 5.75 Å². The Morgan fingerprint density at radius 3 is 2.71 bits per heavy atom. The van der Waals surface area contributed by atoms with Crippen molar-refractivity contribution in [2.75, 3.05) is 6.61 Å². The van der Waals surface area contributed by atoms with Gasteiger partial charge >= 0.3 is 5.97 Å². The van der Waals surface area contributed by atoms with E-state index in [1.807, 2.05) is 0 Å². The Labute approximate surface area is 166 Å². The molecule has 0 aliphatic carbocycles. The second kappa shape index (κ2) is 7.77. The van der Waals surface area contributed by atoms with Crippen molar-refractivity contribution in [2.24, 2.45) is 0 Å². The minimum absolute atomic E-state index is 0.0644.